The average molecular weight is 769 g/mol. The lowest BCUT2D eigenvalue weighted by Gasteiger charge is -2.29. The van der Waals surface area contributed by atoms with Gasteiger partial charge >= 0.3 is 0 Å². The molecule has 3 unspecified atom stereocenters. The van der Waals surface area contributed by atoms with Crippen molar-refractivity contribution in [2.24, 2.45) is 0 Å². The molecule has 0 radical (unpaired) electrons. The average Bonchev–Trinajstić information content (AvgIpc) is 3.10. The predicted octanol–water partition coefficient (Wildman–Crippen LogP) is 11.3. The van der Waals surface area contributed by atoms with Gasteiger partial charge in [-0.2, -0.15) is 0 Å². The molecule has 0 fully saturated rings. The van der Waals surface area contributed by atoms with Gasteiger partial charge in [0.1, 0.15) is 13.2 Å². The molecule has 1 amide bonds. The maximum atomic E-state index is 12.8. The fourth-order valence-corrected chi connectivity index (χ4v) is 6.77. The number of unbranched alkanes of at least 4 members (excludes halogenated alkanes) is 22. The Labute approximate surface area is 327 Å². The smallest absolute Gasteiger partial charge is 0.268 e. The molecule has 0 bridgehead atoms. The maximum Gasteiger partial charge on any atom is 0.268 e. The highest BCUT2D eigenvalue weighted by Gasteiger charge is 2.23. The lowest BCUT2D eigenvalue weighted by molar-refractivity contribution is -0.870. The fraction of sp³-hybridized carbons (Fsp3) is 0.841. The van der Waals surface area contributed by atoms with Crippen molar-refractivity contribution in [2.45, 2.75) is 199 Å². The number of amides is 1. The van der Waals surface area contributed by atoms with Gasteiger partial charge in [-0.05, 0) is 57.8 Å². The van der Waals surface area contributed by atoms with Crippen molar-refractivity contribution < 1.29 is 32.9 Å². The Morgan fingerprint density at radius 3 is 1.53 bits per heavy atom. The van der Waals surface area contributed by atoms with E-state index in [0.29, 0.717) is 17.4 Å². The summed E-state index contributed by atoms with van der Waals surface area (Å²) in [5.41, 5.74) is 0. The van der Waals surface area contributed by atoms with Crippen molar-refractivity contribution in [1.82, 2.24) is 5.32 Å². The van der Waals surface area contributed by atoms with Gasteiger partial charge in [0, 0.05) is 6.42 Å². The summed E-state index contributed by atoms with van der Waals surface area (Å²) < 4.78 is 23.1. The van der Waals surface area contributed by atoms with Gasteiger partial charge in [0.05, 0.1) is 39.9 Å². The minimum absolute atomic E-state index is 0.00911. The standard InChI is InChI=1S/C44H85N2O6P/c1-6-8-10-12-14-16-18-20-21-22-23-24-26-27-29-31-33-35-37-43(47)42(41-52-53(49,50)51-40-39-46(3,4)5)45-44(48)38-36-34-32-30-28-25-19-17-15-13-11-9-7-2/h25,27-29,35,37,42-43,47H,6-24,26,30-34,36,38-41H2,1-5H3,(H-,45,48,49,50)/b28-25-,29-27+,37-35+. The van der Waals surface area contributed by atoms with E-state index in [1.54, 1.807) is 6.08 Å². The summed E-state index contributed by atoms with van der Waals surface area (Å²) in [5, 5.41) is 13.7. The first-order valence-corrected chi connectivity index (χ1v) is 23.3. The van der Waals surface area contributed by atoms with E-state index in [0.717, 1.165) is 51.4 Å². The third-order valence-electron chi connectivity index (χ3n) is 9.57. The topological polar surface area (TPSA) is 108 Å². The first-order valence-electron chi connectivity index (χ1n) is 21.9. The third kappa shape index (κ3) is 38.8. The van der Waals surface area contributed by atoms with E-state index in [4.69, 9.17) is 9.05 Å². The second kappa shape index (κ2) is 36.4. The van der Waals surface area contributed by atoms with Crippen LogP contribution in [0.2, 0.25) is 0 Å². The van der Waals surface area contributed by atoms with Crippen LogP contribution in [0.15, 0.2) is 36.5 Å². The normalized spacial score (nSPS) is 14.8. The number of rotatable bonds is 39. The number of allylic oxidation sites excluding steroid dienone is 5. The van der Waals surface area contributed by atoms with Crippen LogP contribution in [0.5, 0.6) is 0 Å². The number of hydrogen-bond acceptors (Lipinski definition) is 6. The van der Waals surface area contributed by atoms with E-state index in [-0.39, 0.29) is 12.5 Å². The molecule has 8 nitrogen and oxygen atoms in total. The van der Waals surface area contributed by atoms with Gasteiger partial charge in [0.25, 0.3) is 7.82 Å². The van der Waals surface area contributed by atoms with Crippen molar-refractivity contribution in [2.75, 3.05) is 40.9 Å². The minimum atomic E-state index is -4.60. The number of quaternary nitrogens is 1. The summed E-state index contributed by atoms with van der Waals surface area (Å²) in [5.74, 6) is -0.225. The van der Waals surface area contributed by atoms with E-state index in [1.807, 2.05) is 27.2 Å². The van der Waals surface area contributed by atoms with Crippen LogP contribution in [-0.4, -0.2) is 68.5 Å². The molecule has 0 saturated heterocycles. The Morgan fingerprint density at radius 2 is 1.06 bits per heavy atom. The van der Waals surface area contributed by atoms with Crippen LogP contribution in [0.25, 0.3) is 0 Å². The number of phosphoric ester groups is 1. The van der Waals surface area contributed by atoms with Crippen LogP contribution in [0.1, 0.15) is 187 Å². The number of likely N-dealkylation sites (N-methyl/N-ethyl adjacent to an activating group) is 1. The molecule has 0 aliphatic carbocycles. The molecule has 312 valence electrons. The number of carbonyl (C=O) groups is 1. The number of phosphoric acid groups is 1. The van der Waals surface area contributed by atoms with E-state index >= 15 is 0 Å². The Hall–Kier alpha value is -1.28. The molecule has 9 heteroatoms. The molecular weight excluding hydrogens is 683 g/mol. The summed E-state index contributed by atoms with van der Waals surface area (Å²) in [6, 6.07) is -0.908. The van der Waals surface area contributed by atoms with E-state index in [9.17, 15) is 19.4 Å². The van der Waals surface area contributed by atoms with E-state index in [2.05, 4.69) is 43.5 Å². The van der Waals surface area contributed by atoms with Gasteiger partial charge in [0.2, 0.25) is 5.91 Å². The van der Waals surface area contributed by atoms with Crippen molar-refractivity contribution >= 4 is 13.7 Å². The molecule has 0 spiro atoms. The van der Waals surface area contributed by atoms with Gasteiger partial charge in [-0.25, -0.2) is 0 Å². The lowest BCUT2D eigenvalue weighted by Crippen LogP contribution is -2.45. The summed E-state index contributed by atoms with van der Waals surface area (Å²) >= 11 is 0. The highest BCUT2D eigenvalue weighted by Crippen LogP contribution is 2.38. The highest BCUT2D eigenvalue weighted by atomic mass is 31.2. The zero-order chi connectivity index (χ0) is 39.3. The SMILES string of the molecule is CCCCCCCC/C=C\CCCCCC(=O)NC(COP(=O)([O-])OCC[N+](C)(C)C)C(O)/C=C/CC/C=C/CCCCCCCCCCCCCC. The molecule has 0 heterocycles. The van der Waals surface area contributed by atoms with Crippen molar-refractivity contribution in [3.63, 3.8) is 0 Å². The van der Waals surface area contributed by atoms with E-state index < -0.39 is 26.6 Å². The Balaban J connectivity index is 4.51. The van der Waals surface area contributed by atoms with Crippen LogP contribution in [0.3, 0.4) is 0 Å². The maximum absolute atomic E-state index is 12.8. The minimum Gasteiger partial charge on any atom is -0.756 e. The van der Waals surface area contributed by atoms with Crippen molar-refractivity contribution in [1.29, 1.82) is 0 Å². The summed E-state index contributed by atoms with van der Waals surface area (Å²) in [6.45, 7) is 4.59. The molecule has 0 aliphatic rings. The summed E-state index contributed by atoms with van der Waals surface area (Å²) in [4.78, 5) is 25.2. The molecule has 53 heavy (non-hydrogen) atoms. The second-order valence-corrected chi connectivity index (χ2v) is 17.4. The van der Waals surface area contributed by atoms with Crippen molar-refractivity contribution in [3.05, 3.63) is 36.5 Å². The second-order valence-electron chi connectivity index (χ2n) is 16.0. The molecule has 0 aliphatic heterocycles. The molecule has 2 N–H and O–H groups in total. The number of hydrogen-bond donors (Lipinski definition) is 2. The van der Waals surface area contributed by atoms with Crippen LogP contribution in [0.4, 0.5) is 0 Å². The van der Waals surface area contributed by atoms with E-state index in [1.165, 1.54) is 116 Å². The Kier molecular flexibility index (Phi) is 35.5. The Bertz CT molecular complexity index is 964. The number of nitrogens with one attached hydrogen (secondary N) is 1. The molecule has 0 aromatic rings. The zero-order valence-corrected chi connectivity index (χ0v) is 36.1. The Morgan fingerprint density at radius 1 is 0.642 bits per heavy atom. The summed E-state index contributed by atoms with van der Waals surface area (Å²) in [6.07, 6.45) is 43.4. The predicted molar refractivity (Wildman–Crippen MR) is 224 cm³/mol. The quantitative estimate of drug-likeness (QED) is 0.0279. The zero-order valence-electron chi connectivity index (χ0n) is 35.2. The molecule has 0 aromatic carbocycles. The third-order valence-corrected chi connectivity index (χ3v) is 10.5. The highest BCUT2D eigenvalue weighted by molar-refractivity contribution is 7.45. The van der Waals surface area contributed by atoms with Crippen LogP contribution in [-0.2, 0) is 18.4 Å². The number of nitrogens with zero attached hydrogens (tertiary/aromatic N) is 1. The van der Waals surface area contributed by atoms with Crippen LogP contribution < -0.4 is 10.2 Å². The molecule has 0 rings (SSSR count). The number of carbonyl (C=O) groups excluding carboxylic acids is 1. The molecule has 0 aromatic heterocycles. The lowest BCUT2D eigenvalue weighted by atomic mass is 10.0. The largest absolute Gasteiger partial charge is 0.756 e. The fourth-order valence-electron chi connectivity index (χ4n) is 6.04. The molecular formula is C44H85N2O6P. The van der Waals surface area contributed by atoms with Gasteiger partial charge in [-0.3, -0.25) is 9.36 Å². The van der Waals surface area contributed by atoms with Gasteiger partial charge in [-0.1, -0.05) is 159 Å². The molecule has 0 saturated carbocycles. The number of aliphatic hydroxyl groups excluding tert-OH is 1. The number of aliphatic hydroxyl groups is 1. The van der Waals surface area contributed by atoms with Crippen LogP contribution >= 0.6 is 7.82 Å². The van der Waals surface area contributed by atoms with Crippen molar-refractivity contribution in [3.8, 4) is 0 Å². The monoisotopic (exact) mass is 769 g/mol. The van der Waals surface area contributed by atoms with Gasteiger partial charge in [0.15, 0.2) is 0 Å². The summed E-state index contributed by atoms with van der Waals surface area (Å²) in [7, 11) is 1.23. The van der Waals surface area contributed by atoms with Crippen LogP contribution in [0, 0.1) is 0 Å². The first kappa shape index (κ1) is 51.7. The molecule has 3 atom stereocenters. The van der Waals surface area contributed by atoms with Gasteiger partial charge in [-0.15, -0.1) is 0 Å². The first-order chi connectivity index (χ1) is 25.5. The van der Waals surface area contributed by atoms with Gasteiger partial charge < -0.3 is 28.8 Å².